The normalized spacial score (nSPS) is 17.4. The van der Waals surface area contributed by atoms with E-state index in [0.717, 1.165) is 0 Å². The molecule has 0 spiro atoms. The number of hydrogen-bond acceptors (Lipinski definition) is 5. The maximum absolute atomic E-state index is 12.5. The second-order valence-electron chi connectivity index (χ2n) is 7.63. The van der Waals surface area contributed by atoms with Crippen LogP contribution < -0.4 is 20.1 Å². The molecule has 0 saturated carbocycles. The summed E-state index contributed by atoms with van der Waals surface area (Å²) < 4.78 is 10.6. The Morgan fingerprint density at radius 1 is 1.00 bits per heavy atom. The van der Waals surface area contributed by atoms with Crippen LogP contribution in [-0.2, 0) is 9.59 Å². The van der Waals surface area contributed by atoms with Gasteiger partial charge in [0.25, 0.3) is 5.91 Å². The molecule has 0 aliphatic carbocycles. The average molecular weight is 409 g/mol. The van der Waals surface area contributed by atoms with Gasteiger partial charge in [-0.05, 0) is 50.2 Å². The molecule has 8 heteroatoms. The molecule has 3 amide bonds. The Bertz CT molecular complexity index is 987. The molecule has 2 aromatic rings. The SMILES string of the molecule is CC(C)N1CC(C(=O)Nc2ccc(C(=O)Nc3ccc4c(c3)OCO4)cc2)CC1=O. The van der Waals surface area contributed by atoms with Crippen LogP contribution in [0.4, 0.5) is 11.4 Å². The summed E-state index contributed by atoms with van der Waals surface area (Å²) in [6.07, 6.45) is 0.222. The van der Waals surface area contributed by atoms with E-state index in [-0.39, 0.29) is 42.9 Å². The fourth-order valence-corrected chi connectivity index (χ4v) is 3.53. The third kappa shape index (κ3) is 4.07. The Hall–Kier alpha value is -3.55. The van der Waals surface area contributed by atoms with E-state index in [1.165, 1.54) is 0 Å². The number of hydrogen-bond donors (Lipinski definition) is 2. The summed E-state index contributed by atoms with van der Waals surface area (Å²) in [5, 5.41) is 5.64. The number of rotatable bonds is 5. The van der Waals surface area contributed by atoms with Crippen molar-refractivity contribution >= 4 is 29.1 Å². The second kappa shape index (κ2) is 8.06. The number of nitrogens with zero attached hydrogens (tertiary/aromatic N) is 1. The van der Waals surface area contributed by atoms with Gasteiger partial charge in [0.05, 0.1) is 5.92 Å². The lowest BCUT2D eigenvalue weighted by atomic mass is 10.1. The van der Waals surface area contributed by atoms with Gasteiger partial charge in [-0.3, -0.25) is 14.4 Å². The summed E-state index contributed by atoms with van der Waals surface area (Å²) in [5.74, 6) is 0.403. The van der Waals surface area contributed by atoms with E-state index in [9.17, 15) is 14.4 Å². The lowest BCUT2D eigenvalue weighted by Gasteiger charge is -2.20. The Morgan fingerprint density at radius 2 is 1.70 bits per heavy atom. The maximum Gasteiger partial charge on any atom is 0.255 e. The van der Waals surface area contributed by atoms with Gasteiger partial charge in [-0.15, -0.1) is 0 Å². The number of carbonyl (C=O) groups is 3. The molecule has 0 bridgehead atoms. The monoisotopic (exact) mass is 409 g/mol. The lowest BCUT2D eigenvalue weighted by Crippen LogP contribution is -2.33. The highest BCUT2D eigenvalue weighted by Crippen LogP contribution is 2.34. The summed E-state index contributed by atoms with van der Waals surface area (Å²) in [5.41, 5.74) is 1.63. The Labute approximate surface area is 174 Å². The van der Waals surface area contributed by atoms with Crippen LogP contribution in [0.15, 0.2) is 42.5 Å². The predicted octanol–water partition coefficient (Wildman–Crippen LogP) is 2.86. The molecule has 4 rings (SSSR count). The van der Waals surface area contributed by atoms with Crippen LogP contribution in [0.5, 0.6) is 11.5 Å². The van der Waals surface area contributed by atoms with Crippen molar-refractivity contribution in [2.45, 2.75) is 26.3 Å². The lowest BCUT2D eigenvalue weighted by molar-refractivity contribution is -0.129. The summed E-state index contributed by atoms with van der Waals surface area (Å²) in [6, 6.07) is 11.9. The topological polar surface area (TPSA) is 97.0 Å². The van der Waals surface area contributed by atoms with Crippen molar-refractivity contribution in [1.82, 2.24) is 4.90 Å². The van der Waals surface area contributed by atoms with Crippen molar-refractivity contribution < 1.29 is 23.9 Å². The Kier molecular flexibility index (Phi) is 5.31. The van der Waals surface area contributed by atoms with Gasteiger partial charge in [0.2, 0.25) is 18.6 Å². The van der Waals surface area contributed by atoms with Gasteiger partial charge < -0.3 is 25.0 Å². The highest BCUT2D eigenvalue weighted by molar-refractivity contribution is 6.05. The van der Waals surface area contributed by atoms with Crippen molar-refractivity contribution in [3.8, 4) is 11.5 Å². The molecule has 156 valence electrons. The van der Waals surface area contributed by atoms with Crippen molar-refractivity contribution in [3.05, 3.63) is 48.0 Å². The largest absolute Gasteiger partial charge is 0.454 e. The summed E-state index contributed by atoms with van der Waals surface area (Å²) in [6.45, 7) is 4.47. The van der Waals surface area contributed by atoms with E-state index in [0.29, 0.717) is 35.0 Å². The summed E-state index contributed by atoms with van der Waals surface area (Å²) in [7, 11) is 0. The molecule has 2 heterocycles. The Balaban J connectivity index is 1.35. The number of anilines is 2. The molecule has 2 aliphatic heterocycles. The van der Waals surface area contributed by atoms with E-state index in [2.05, 4.69) is 10.6 Å². The van der Waals surface area contributed by atoms with E-state index < -0.39 is 0 Å². The van der Waals surface area contributed by atoms with Gasteiger partial charge in [0, 0.05) is 42.0 Å². The van der Waals surface area contributed by atoms with Crippen LogP contribution in [0.25, 0.3) is 0 Å². The van der Waals surface area contributed by atoms with Crippen LogP contribution >= 0.6 is 0 Å². The number of amides is 3. The summed E-state index contributed by atoms with van der Waals surface area (Å²) >= 11 is 0. The predicted molar refractivity (Wildman–Crippen MR) is 111 cm³/mol. The fourth-order valence-electron chi connectivity index (χ4n) is 3.53. The third-order valence-corrected chi connectivity index (χ3v) is 5.20. The number of nitrogens with one attached hydrogen (secondary N) is 2. The van der Waals surface area contributed by atoms with E-state index >= 15 is 0 Å². The zero-order valence-corrected chi connectivity index (χ0v) is 16.8. The number of likely N-dealkylation sites (tertiary alicyclic amines) is 1. The first-order valence-corrected chi connectivity index (χ1v) is 9.82. The number of carbonyl (C=O) groups excluding carboxylic acids is 3. The third-order valence-electron chi connectivity index (χ3n) is 5.20. The molecule has 8 nitrogen and oxygen atoms in total. The maximum atomic E-state index is 12.5. The van der Waals surface area contributed by atoms with Gasteiger partial charge in [0.1, 0.15) is 0 Å². The number of benzene rings is 2. The van der Waals surface area contributed by atoms with Crippen LogP contribution in [-0.4, -0.2) is 42.0 Å². The van der Waals surface area contributed by atoms with Crippen molar-refractivity contribution in [1.29, 1.82) is 0 Å². The Morgan fingerprint density at radius 3 is 2.40 bits per heavy atom. The van der Waals surface area contributed by atoms with Crippen LogP contribution in [0, 0.1) is 5.92 Å². The molecule has 2 aromatic carbocycles. The molecule has 0 radical (unpaired) electrons. The average Bonchev–Trinajstić information content (AvgIpc) is 3.34. The highest BCUT2D eigenvalue weighted by atomic mass is 16.7. The quantitative estimate of drug-likeness (QED) is 0.792. The van der Waals surface area contributed by atoms with Gasteiger partial charge in [-0.1, -0.05) is 0 Å². The van der Waals surface area contributed by atoms with Crippen LogP contribution in [0.1, 0.15) is 30.6 Å². The minimum Gasteiger partial charge on any atom is -0.454 e. The first kappa shape index (κ1) is 19.8. The molecule has 2 aliphatic rings. The minimum absolute atomic E-state index is 0.000636. The van der Waals surface area contributed by atoms with Crippen molar-refractivity contribution in [3.63, 3.8) is 0 Å². The van der Waals surface area contributed by atoms with Gasteiger partial charge in [-0.25, -0.2) is 0 Å². The van der Waals surface area contributed by atoms with E-state index in [1.807, 2.05) is 13.8 Å². The molecule has 1 unspecified atom stereocenters. The number of fused-ring (bicyclic) bond motifs is 1. The van der Waals surface area contributed by atoms with Crippen molar-refractivity contribution in [2.24, 2.45) is 5.92 Å². The molecule has 1 fully saturated rings. The first-order valence-electron chi connectivity index (χ1n) is 9.82. The van der Waals surface area contributed by atoms with Crippen LogP contribution in [0.3, 0.4) is 0 Å². The fraction of sp³-hybridized carbons (Fsp3) is 0.318. The molecular weight excluding hydrogens is 386 g/mol. The highest BCUT2D eigenvalue weighted by Gasteiger charge is 2.35. The molecule has 1 saturated heterocycles. The summed E-state index contributed by atoms with van der Waals surface area (Å²) in [4.78, 5) is 38.7. The van der Waals surface area contributed by atoms with Crippen molar-refractivity contribution in [2.75, 3.05) is 24.0 Å². The zero-order chi connectivity index (χ0) is 21.3. The standard InChI is InChI=1S/C22H23N3O5/c1-13(2)25-11-15(9-20(25)26)22(28)23-16-5-3-14(4-6-16)21(27)24-17-7-8-18-19(10-17)30-12-29-18/h3-8,10,13,15H,9,11-12H2,1-2H3,(H,23,28)(H,24,27). The zero-order valence-electron chi connectivity index (χ0n) is 16.8. The second-order valence-corrected chi connectivity index (χ2v) is 7.63. The van der Waals surface area contributed by atoms with E-state index in [4.69, 9.17) is 9.47 Å². The number of ether oxygens (including phenoxy) is 2. The molecule has 2 N–H and O–H groups in total. The minimum atomic E-state index is -0.367. The van der Waals surface area contributed by atoms with Gasteiger partial charge >= 0.3 is 0 Å². The molecule has 0 aromatic heterocycles. The molecule has 1 atom stereocenters. The van der Waals surface area contributed by atoms with E-state index in [1.54, 1.807) is 47.4 Å². The molecular formula is C22H23N3O5. The van der Waals surface area contributed by atoms with Gasteiger partial charge in [0.15, 0.2) is 11.5 Å². The van der Waals surface area contributed by atoms with Gasteiger partial charge in [-0.2, -0.15) is 0 Å². The van der Waals surface area contributed by atoms with Crippen LogP contribution in [0.2, 0.25) is 0 Å². The smallest absolute Gasteiger partial charge is 0.255 e. The first-order chi connectivity index (χ1) is 14.4. The molecule has 30 heavy (non-hydrogen) atoms.